The van der Waals surface area contributed by atoms with Crippen LogP contribution < -0.4 is 20.1 Å². The van der Waals surface area contributed by atoms with E-state index in [4.69, 9.17) is 21.1 Å². The lowest BCUT2D eigenvalue weighted by Gasteiger charge is -2.20. The number of benzene rings is 2. The normalized spacial score (nSPS) is 12.4. The average Bonchev–Trinajstić information content (AvgIpc) is 2.61. The van der Waals surface area contributed by atoms with Crippen LogP contribution in [0.15, 0.2) is 42.5 Å². The Morgan fingerprint density at radius 2 is 1.80 bits per heavy atom. The van der Waals surface area contributed by atoms with Gasteiger partial charge in [-0.3, -0.25) is 9.59 Å². The smallest absolute Gasteiger partial charge is 0.243 e. The summed E-state index contributed by atoms with van der Waals surface area (Å²) in [6, 6.07) is 12.4. The third-order valence-electron chi connectivity index (χ3n) is 3.52. The van der Waals surface area contributed by atoms with Gasteiger partial charge in [0.05, 0.1) is 18.0 Å². The van der Waals surface area contributed by atoms with E-state index in [0.717, 1.165) is 0 Å². The Bertz CT molecular complexity index is 780. The molecule has 0 spiro atoms. The van der Waals surface area contributed by atoms with E-state index in [1.165, 1.54) is 0 Å². The first-order chi connectivity index (χ1) is 12.1. The number of carbonyl (C=O) groups is 2. The maximum Gasteiger partial charge on any atom is 0.243 e. The van der Waals surface area contributed by atoms with Crippen LogP contribution in [-0.2, 0) is 16.0 Å². The molecule has 2 amide bonds. The van der Waals surface area contributed by atoms with Crippen molar-refractivity contribution >= 4 is 29.1 Å². The van der Waals surface area contributed by atoms with Crippen LogP contribution in [0.5, 0.6) is 11.5 Å². The molecule has 1 heterocycles. The average molecular weight is 361 g/mol. The van der Waals surface area contributed by atoms with Gasteiger partial charge in [0, 0.05) is 5.69 Å². The van der Waals surface area contributed by atoms with E-state index in [9.17, 15) is 9.59 Å². The highest BCUT2D eigenvalue weighted by Crippen LogP contribution is 2.38. The van der Waals surface area contributed by atoms with Crippen molar-refractivity contribution in [2.24, 2.45) is 0 Å². The zero-order valence-corrected chi connectivity index (χ0v) is 14.1. The fourth-order valence-electron chi connectivity index (χ4n) is 2.42. The summed E-state index contributed by atoms with van der Waals surface area (Å²) in [6.45, 7) is 0.785. The summed E-state index contributed by atoms with van der Waals surface area (Å²) in [5.74, 6) is 0.457. The lowest BCUT2D eigenvalue weighted by Crippen LogP contribution is -2.33. The van der Waals surface area contributed by atoms with E-state index in [-0.39, 0.29) is 24.8 Å². The number of nitrogens with one attached hydrogen (secondary N) is 2. The molecule has 25 heavy (non-hydrogen) atoms. The second kappa shape index (κ2) is 7.90. The Balaban J connectivity index is 1.52. The Kier molecular flexibility index (Phi) is 5.40. The van der Waals surface area contributed by atoms with Crippen molar-refractivity contribution in [1.82, 2.24) is 5.32 Å². The molecule has 0 aliphatic carbocycles. The monoisotopic (exact) mass is 360 g/mol. The molecule has 2 aromatic rings. The van der Waals surface area contributed by atoms with E-state index in [0.29, 0.717) is 41.0 Å². The highest BCUT2D eigenvalue weighted by atomic mass is 35.5. The molecule has 0 saturated heterocycles. The van der Waals surface area contributed by atoms with Crippen molar-refractivity contribution in [2.75, 3.05) is 25.1 Å². The zero-order chi connectivity index (χ0) is 17.6. The topological polar surface area (TPSA) is 76.7 Å². The minimum absolute atomic E-state index is 0.0922. The molecule has 130 valence electrons. The fraction of sp³-hybridized carbons (Fsp3) is 0.222. The summed E-state index contributed by atoms with van der Waals surface area (Å²) in [4.78, 5) is 23.9. The van der Waals surface area contributed by atoms with Crippen LogP contribution in [0.3, 0.4) is 0 Å². The number of amides is 2. The van der Waals surface area contributed by atoms with Gasteiger partial charge in [-0.05, 0) is 29.8 Å². The van der Waals surface area contributed by atoms with Crippen LogP contribution in [0.1, 0.15) is 5.56 Å². The molecule has 0 bridgehead atoms. The van der Waals surface area contributed by atoms with Gasteiger partial charge in [-0.25, -0.2) is 0 Å². The molecule has 2 N–H and O–H groups in total. The first-order valence-electron chi connectivity index (χ1n) is 7.81. The number of halogens is 1. The van der Waals surface area contributed by atoms with Crippen molar-refractivity contribution in [3.63, 3.8) is 0 Å². The van der Waals surface area contributed by atoms with Gasteiger partial charge in [-0.1, -0.05) is 29.8 Å². The summed E-state index contributed by atoms with van der Waals surface area (Å²) >= 11 is 6.15. The molecule has 3 rings (SSSR count). The SMILES string of the molecule is O=C(Cc1cc(Cl)c2c(c1)OCCO2)NCC(=O)Nc1ccccc1. The van der Waals surface area contributed by atoms with Crippen molar-refractivity contribution in [3.05, 3.63) is 53.1 Å². The van der Waals surface area contributed by atoms with Crippen molar-refractivity contribution in [1.29, 1.82) is 0 Å². The maximum absolute atomic E-state index is 12.0. The van der Waals surface area contributed by atoms with Crippen molar-refractivity contribution in [3.8, 4) is 11.5 Å². The molecule has 2 aromatic carbocycles. The van der Waals surface area contributed by atoms with Gasteiger partial charge in [0.2, 0.25) is 11.8 Å². The van der Waals surface area contributed by atoms with E-state index in [1.54, 1.807) is 24.3 Å². The van der Waals surface area contributed by atoms with Gasteiger partial charge >= 0.3 is 0 Å². The van der Waals surface area contributed by atoms with E-state index in [1.807, 2.05) is 18.2 Å². The van der Waals surface area contributed by atoms with Crippen LogP contribution >= 0.6 is 11.6 Å². The van der Waals surface area contributed by atoms with Crippen LogP contribution in [0.4, 0.5) is 5.69 Å². The van der Waals surface area contributed by atoms with E-state index < -0.39 is 0 Å². The minimum Gasteiger partial charge on any atom is -0.486 e. The highest BCUT2D eigenvalue weighted by molar-refractivity contribution is 6.32. The first-order valence-corrected chi connectivity index (χ1v) is 8.19. The Labute approximate surface area is 150 Å². The second-order valence-electron chi connectivity index (χ2n) is 5.47. The molecule has 0 aromatic heterocycles. The Hall–Kier alpha value is -2.73. The lowest BCUT2D eigenvalue weighted by atomic mass is 10.1. The first kappa shape index (κ1) is 17.1. The van der Waals surface area contributed by atoms with E-state index in [2.05, 4.69) is 10.6 Å². The quantitative estimate of drug-likeness (QED) is 0.858. The molecule has 0 radical (unpaired) electrons. The van der Waals surface area contributed by atoms with Crippen LogP contribution in [0, 0.1) is 0 Å². The molecular formula is C18H17ClN2O4. The van der Waals surface area contributed by atoms with Gasteiger partial charge in [-0.2, -0.15) is 0 Å². The maximum atomic E-state index is 12.0. The highest BCUT2D eigenvalue weighted by Gasteiger charge is 2.17. The molecule has 0 atom stereocenters. The molecule has 0 saturated carbocycles. The number of para-hydroxylation sites is 1. The molecular weight excluding hydrogens is 344 g/mol. The molecule has 1 aliphatic heterocycles. The van der Waals surface area contributed by atoms with Gasteiger partial charge in [0.15, 0.2) is 11.5 Å². The summed E-state index contributed by atoms with van der Waals surface area (Å²) in [5, 5.41) is 5.69. The largest absolute Gasteiger partial charge is 0.486 e. The number of fused-ring (bicyclic) bond motifs is 1. The second-order valence-corrected chi connectivity index (χ2v) is 5.88. The predicted octanol–water partition coefficient (Wildman–Crippen LogP) is 2.41. The summed E-state index contributed by atoms with van der Waals surface area (Å²) in [5.41, 5.74) is 1.37. The molecule has 7 heteroatoms. The summed E-state index contributed by atoms with van der Waals surface area (Å²) < 4.78 is 10.9. The van der Waals surface area contributed by atoms with Crippen LogP contribution in [0.25, 0.3) is 0 Å². The number of carbonyl (C=O) groups excluding carboxylic acids is 2. The van der Waals surface area contributed by atoms with Crippen LogP contribution in [0.2, 0.25) is 5.02 Å². The van der Waals surface area contributed by atoms with Gasteiger partial charge in [0.1, 0.15) is 13.2 Å². The third-order valence-corrected chi connectivity index (χ3v) is 3.81. The van der Waals surface area contributed by atoms with Crippen LogP contribution in [-0.4, -0.2) is 31.6 Å². The van der Waals surface area contributed by atoms with Gasteiger partial charge < -0.3 is 20.1 Å². The van der Waals surface area contributed by atoms with Gasteiger partial charge in [-0.15, -0.1) is 0 Å². The summed E-state index contributed by atoms with van der Waals surface area (Å²) in [7, 11) is 0. The standard InChI is InChI=1S/C18H17ClN2O4/c19-14-8-12(9-15-18(14)25-7-6-24-15)10-16(22)20-11-17(23)21-13-4-2-1-3-5-13/h1-5,8-9H,6-7,10-11H2,(H,20,22)(H,21,23). The number of ether oxygens (including phenoxy) is 2. The Morgan fingerprint density at radius 3 is 2.60 bits per heavy atom. The molecule has 0 fully saturated rings. The number of rotatable bonds is 5. The number of anilines is 1. The van der Waals surface area contributed by atoms with Gasteiger partial charge in [0.25, 0.3) is 0 Å². The molecule has 0 unspecified atom stereocenters. The Morgan fingerprint density at radius 1 is 1.04 bits per heavy atom. The number of hydrogen-bond donors (Lipinski definition) is 2. The molecule has 1 aliphatic rings. The lowest BCUT2D eigenvalue weighted by molar-refractivity contribution is -0.123. The predicted molar refractivity (Wildman–Crippen MR) is 94.2 cm³/mol. The van der Waals surface area contributed by atoms with E-state index >= 15 is 0 Å². The third kappa shape index (κ3) is 4.64. The number of hydrogen-bond acceptors (Lipinski definition) is 4. The van der Waals surface area contributed by atoms with Crippen molar-refractivity contribution in [2.45, 2.75) is 6.42 Å². The zero-order valence-electron chi connectivity index (χ0n) is 13.4. The fourth-order valence-corrected chi connectivity index (χ4v) is 2.71. The molecule has 6 nitrogen and oxygen atoms in total. The van der Waals surface area contributed by atoms with Crippen molar-refractivity contribution < 1.29 is 19.1 Å². The minimum atomic E-state index is -0.292. The summed E-state index contributed by atoms with van der Waals surface area (Å²) in [6.07, 6.45) is 0.0922.